The molecule has 0 radical (unpaired) electrons. The molecule has 0 aromatic carbocycles. The van der Waals surface area contributed by atoms with Crippen molar-refractivity contribution in [3.63, 3.8) is 0 Å². The van der Waals surface area contributed by atoms with Crippen molar-refractivity contribution in [1.29, 1.82) is 0 Å². The van der Waals surface area contributed by atoms with Gasteiger partial charge in [-0.1, -0.05) is 17.7 Å². The Hall–Kier alpha value is -1.73. The van der Waals surface area contributed by atoms with Crippen LogP contribution in [0.15, 0.2) is 41.6 Å². The molecule has 2 aromatic rings. The molecule has 0 spiro atoms. The van der Waals surface area contributed by atoms with Crippen LogP contribution in [0.4, 0.5) is 10.2 Å². The van der Waals surface area contributed by atoms with E-state index in [9.17, 15) is 12.8 Å². The van der Waals surface area contributed by atoms with Crippen molar-refractivity contribution < 1.29 is 12.8 Å². The Morgan fingerprint density at radius 1 is 1.28 bits per heavy atom. The molecule has 1 N–H and O–H groups in total. The zero-order chi connectivity index (χ0) is 13.2. The first-order chi connectivity index (χ1) is 8.47. The Bertz CT molecular complexity index is 678. The number of hydrogen-bond donors (Lipinski definition) is 1. The molecule has 0 saturated heterocycles. The summed E-state index contributed by atoms with van der Waals surface area (Å²) in [7, 11) is -3.93. The van der Waals surface area contributed by atoms with Gasteiger partial charge in [0.2, 0.25) is 0 Å². The lowest BCUT2D eigenvalue weighted by Crippen LogP contribution is -2.14. The number of rotatable bonds is 3. The first-order valence-corrected chi connectivity index (χ1v) is 6.59. The third-order valence-electron chi connectivity index (χ3n) is 1.94. The predicted octanol–water partition coefficient (Wildman–Crippen LogP) is 2.07. The van der Waals surface area contributed by atoms with Crippen molar-refractivity contribution in [3.8, 4) is 0 Å². The summed E-state index contributed by atoms with van der Waals surface area (Å²) >= 11 is 5.63. The van der Waals surface area contributed by atoms with Crippen molar-refractivity contribution in [2.24, 2.45) is 0 Å². The second-order valence-corrected chi connectivity index (χ2v) is 5.36. The Kier molecular flexibility index (Phi) is 3.44. The average Bonchev–Trinajstić information content (AvgIpc) is 2.28. The second kappa shape index (κ2) is 4.87. The molecule has 0 fully saturated rings. The van der Waals surface area contributed by atoms with E-state index in [4.69, 9.17) is 11.6 Å². The minimum absolute atomic E-state index is 0.0479. The maximum atomic E-state index is 12.9. The summed E-state index contributed by atoms with van der Waals surface area (Å²) in [6.07, 6.45) is 1.95. The maximum absolute atomic E-state index is 12.9. The highest BCUT2D eigenvalue weighted by atomic mass is 35.5. The number of anilines is 1. The number of pyridine rings is 2. The fourth-order valence-electron chi connectivity index (χ4n) is 1.20. The van der Waals surface area contributed by atoms with Crippen LogP contribution in [-0.2, 0) is 10.0 Å². The molecule has 2 rings (SSSR count). The molecule has 18 heavy (non-hydrogen) atoms. The average molecular weight is 288 g/mol. The van der Waals surface area contributed by atoms with Gasteiger partial charge in [-0.15, -0.1) is 0 Å². The quantitative estimate of drug-likeness (QED) is 0.877. The minimum atomic E-state index is -3.93. The van der Waals surface area contributed by atoms with E-state index in [1.165, 1.54) is 18.2 Å². The zero-order valence-corrected chi connectivity index (χ0v) is 10.4. The van der Waals surface area contributed by atoms with Crippen LogP contribution in [0, 0.1) is 5.82 Å². The Labute approximate surface area is 108 Å². The van der Waals surface area contributed by atoms with Crippen LogP contribution in [-0.4, -0.2) is 18.4 Å². The normalized spacial score (nSPS) is 11.2. The number of halogens is 2. The number of sulfonamides is 1. The van der Waals surface area contributed by atoms with Crippen LogP contribution >= 0.6 is 11.6 Å². The highest BCUT2D eigenvalue weighted by Crippen LogP contribution is 2.15. The number of nitrogens with one attached hydrogen (secondary N) is 1. The SMILES string of the molecule is O=S(=O)(Nc1cccc(Cl)n1)c1cncc(F)c1. The molecular weight excluding hydrogens is 281 g/mol. The highest BCUT2D eigenvalue weighted by molar-refractivity contribution is 7.92. The molecule has 0 saturated carbocycles. The van der Waals surface area contributed by atoms with Gasteiger partial charge >= 0.3 is 0 Å². The van der Waals surface area contributed by atoms with E-state index in [1.54, 1.807) is 0 Å². The lowest BCUT2D eigenvalue weighted by molar-refractivity contribution is 0.592. The molecule has 0 aliphatic rings. The van der Waals surface area contributed by atoms with Crippen LogP contribution in [0.2, 0.25) is 5.15 Å². The van der Waals surface area contributed by atoms with Crippen molar-refractivity contribution in [1.82, 2.24) is 9.97 Å². The summed E-state index contributed by atoms with van der Waals surface area (Å²) in [6, 6.07) is 5.33. The van der Waals surface area contributed by atoms with Crippen LogP contribution in [0.1, 0.15) is 0 Å². The van der Waals surface area contributed by atoms with Crippen LogP contribution in [0.5, 0.6) is 0 Å². The van der Waals surface area contributed by atoms with Crippen molar-refractivity contribution in [3.05, 3.63) is 47.6 Å². The summed E-state index contributed by atoms with van der Waals surface area (Å²) in [6.45, 7) is 0. The zero-order valence-electron chi connectivity index (χ0n) is 8.84. The monoisotopic (exact) mass is 287 g/mol. The number of hydrogen-bond acceptors (Lipinski definition) is 4. The van der Waals surface area contributed by atoms with Gasteiger partial charge in [0.25, 0.3) is 10.0 Å². The minimum Gasteiger partial charge on any atom is -0.263 e. The van der Waals surface area contributed by atoms with E-state index in [2.05, 4.69) is 14.7 Å². The smallest absolute Gasteiger partial charge is 0.263 e. The number of nitrogens with zero attached hydrogens (tertiary/aromatic N) is 2. The van der Waals surface area contributed by atoms with Gasteiger partial charge in [0.1, 0.15) is 21.7 Å². The summed E-state index contributed by atoms with van der Waals surface area (Å²) in [5.74, 6) is -0.691. The Morgan fingerprint density at radius 3 is 2.72 bits per heavy atom. The van der Waals surface area contributed by atoms with Crippen molar-refractivity contribution >= 4 is 27.4 Å². The van der Waals surface area contributed by atoms with E-state index in [0.717, 1.165) is 18.5 Å². The fraction of sp³-hybridized carbons (Fsp3) is 0. The van der Waals surface area contributed by atoms with Gasteiger partial charge in [0.05, 0.1) is 6.20 Å². The third-order valence-corrected chi connectivity index (χ3v) is 3.48. The molecule has 2 heterocycles. The molecule has 2 aromatic heterocycles. The molecule has 0 unspecified atom stereocenters. The van der Waals surface area contributed by atoms with Crippen LogP contribution in [0.3, 0.4) is 0 Å². The molecule has 0 aliphatic heterocycles. The predicted molar refractivity (Wildman–Crippen MR) is 64.3 cm³/mol. The Morgan fingerprint density at radius 2 is 2.06 bits per heavy atom. The third kappa shape index (κ3) is 2.93. The molecule has 0 amide bonds. The van der Waals surface area contributed by atoms with Gasteiger partial charge in [-0.25, -0.2) is 17.8 Å². The molecular formula is C10H7ClFN3O2S. The largest absolute Gasteiger partial charge is 0.264 e. The Balaban J connectivity index is 2.33. The van der Waals surface area contributed by atoms with Gasteiger partial charge in [0.15, 0.2) is 0 Å². The van der Waals surface area contributed by atoms with E-state index in [1.807, 2.05) is 0 Å². The topological polar surface area (TPSA) is 72.0 Å². The second-order valence-electron chi connectivity index (χ2n) is 3.29. The summed E-state index contributed by atoms with van der Waals surface area (Å²) < 4.78 is 38.8. The van der Waals surface area contributed by atoms with E-state index in [0.29, 0.717) is 0 Å². The molecule has 5 nitrogen and oxygen atoms in total. The first kappa shape index (κ1) is 12.7. The molecule has 0 aliphatic carbocycles. The maximum Gasteiger partial charge on any atom is 0.264 e. The van der Waals surface area contributed by atoms with Gasteiger partial charge in [0, 0.05) is 6.20 Å². The fourth-order valence-corrected chi connectivity index (χ4v) is 2.34. The summed E-state index contributed by atoms with van der Waals surface area (Å²) in [4.78, 5) is 6.95. The summed E-state index contributed by atoms with van der Waals surface area (Å²) in [5.41, 5.74) is 0. The van der Waals surface area contributed by atoms with Gasteiger partial charge in [-0.2, -0.15) is 0 Å². The van der Waals surface area contributed by atoms with Gasteiger partial charge in [-0.3, -0.25) is 9.71 Å². The van der Waals surface area contributed by atoms with Crippen LogP contribution < -0.4 is 4.72 Å². The van der Waals surface area contributed by atoms with E-state index in [-0.39, 0.29) is 15.9 Å². The van der Waals surface area contributed by atoms with Gasteiger partial charge < -0.3 is 0 Å². The van der Waals surface area contributed by atoms with E-state index >= 15 is 0 Å². The molecule has 0 bridgehead atoms. The highest BCUT2D eigenvalue weighted by Gasteiger charge is 2.16. The van der Waals surface area contributed by atoms with Crippen molar-refractivity contribution in [2.75, 3.05) is 4.72 Å². The number of aromatic nitrogens is 2. The van der Waals surface area contributed by atoms with Crippen molar-refractivity contribution in [2.45, 2.75) is 4.90 Å². The molecule has 0 atom stereocenters. The molecule has 94 valence electrons. The lowest BCUT2D eigenvalue weighted by atomic mass is 10.5. The standard InChI is InChI=1S/C10H7ClFN3O2S/c11-9-2-1-3-10(14-9)15-18(16,17)8-4-7(12)5-13-6-8/h1-6H,(H,14,15). The van der Waals surface area contributed by atoms with Crippen LogP contribution in [0.25, 0.3) is 0 Å². The summed E-state index contributed by atoms with van der Waals surface area (Å²) in [5, 5.41) is 0.146. The molecule has 8 heteroatoms. The van der Waals surface area contributed by atoms with E-state index < -0.39 is 15.8 Å². The first-order valence-electron chi connectivity index (χ1n) is 4.73. The van der Waals surface area contributed by atoms with Gasteiger partial charge in [-0.05, 0) is 18.2 Å². The lowest BCUT2D eigenvalue weighted by Gasteiger charge is -2.06.